The highest BCUT2D eigenvalue weighted by Gasteiger charge is 2.02. The maximum atomic E-state index is 5.66. The molecule has 1 N–H and O–H groups in total. The zero-order valence-corrected chi connectivity index (χ0v) is 11.3. The van der Waals surface area contributed by atoms with Crippen LogP contribution < -0.4 is 10.1 Å². The van der Waals surface area contributed by atoms with Crippen molar-refractivity contribution in [3.63, 3.8) is 0 Å². The average molecular weight is 235 g/mol. The van der Waals surface area contributed by atoms with Gasteiger partial charge in [0, 0.05) is 6.04 Å². The highest BCUT2D eigenvalue weighted by atomic mass is 16.5. The van der Waals surface area contributed by atoms with Crippen molar-refractivity contribution in [3.05, 3.63) is 30.3 Å². The normalized spacial score (nSPS) is 12.7. The summed E-state index contributed by atoms with van der Waals surface area (Å²) in [5.74, 6) is 1.69. The molecule has 96 valence electrons. The van der Waals surface area contributed by atoms with Gasteiger partial charge in [-0.2, -0.15) is 0 Å². The van der Waals surface area contributed by atoms with Gasteiger partial charge in [-0.25, -0.2) is 0 Å². The molecule has 0 heterocycles. The van der Waals surface area contributed by atoms with E-state index in [0.29, 0.717) is 6.04 Å². The summed E-state index contributed by atoms with van der Waals surface area (Å²) < 4.78 is 5.66. The summed E-state index contributed by atoms with van der Waals surface area (Å²) in [4.78, 5) is 0. The smallest absolute Gasteiger partial charge is 0.119 e. The zero-order valence-electron chi connectivity index (χ0n) is 11.3. The Balaban J connectivity index is 2.04. The minimum Gasteiger partial charge on any atom is -0.494 e. The van der Waals surface area contributed by atoms with E-state index in [1.54, 1.807) is 0 Å². The van der Waals surface area contributed by atoms with Gasteiger partial charge in [0.2, 0.25) is 0 Å². The zero-order chi connectivity index (χ0) is 12.5. The second-order valence-corrected chi connectivity index (χ2v) is 4.97. The van der Waals surface area contributed by atoms with Crippen LogP contribution in [0.25, 0.3) is 0 Å². The highest BCUT2D eigenvalue weighted by Crippen LogP contribution is 2.10. The Labute approximate surface area is 105 Å². The Bertz CT molecular complexity index is 284. The predicted octanol–water partition coefficient (Wildman–Crippen LogP) is 3.48. The molecule has 0 spiro atoms. The number of hydrogen-bond donors (Lipinski definition) is 1. The summed E-state index contributed by atoms with van der Waals surface area (Å²) in [7, 11) is 0. The van der Waals surface area contributed by atoms with E-state index in [2.05, 4.69) is 26.1 Å². The minimum atomic E-state index is 0.581. The molecule has 0 saturated heterocycles. The number of rotatable bonds is 8. The number of nitrogens with one attached hydrogen (secondary N) is 1. The van der Waals surface area contributed by atoms with Crippen LogP contribution in [0.1, 0.15) is 33.6 Å². The van der Waals surface area contributed by atoms with E-state index in [0.717, 1.165) is 31.2 Å². The van der Waals surface area contributed by atoms with E-state index in [4.69, 9.17) is 4.74 Å². The Hall–Kier alpha value is -1.02. The molecule has 1 unspecified atom stereocenters. The van der Waals surface area contributed by atoms with Crippen molar-refractivity contribution in [2.75, 3.05) is 13.2 Å². The van der Waals surface area contributed by atoms with Crippen molar-refractivity contribution >= 4 is 0 Å². The SMILES string of the molecule is CC(CCCOc1ccccc1)CNC(C)C. The lowest BCUT2D eigenvalue weighted by molar-refractivity contribution is 0.292. The third-order valence-electron chi connectivity index (χ3n) is 2.73. The average Bonchev–Trinajstić information content (AvgIpc) is 2.33. The molecule has 0 aliphatic rings. The molecule has 0 saturated carbocycles. The lowest BCUT2D eigenvalue weighted by Crippen LogP contribution is -2.27. The topological polar surface area (TPSA) is 21.3 Å². The van der Waals surface area contributed by atoms with Crippen LogP contribution in [0.15, 0.2) is 30.3 Å². The molecule has 0 aromatic heterocycles. The molecule has 1 atom stereocenters. The second-order valence-electron chi connectivity index (χ2n) is 4.97. The van der Waals surface area contributed by atoms with Crippen molar-refractivity contribution in [3.8, 4) is 5.75 Å². The highest BCUT2D eigenvalue weighted by molar-refractivity contribution is 5.20. The van der Waals surface area contributed by atoms with Crippen molar-refractivity contribution in [1.82, 2.24) is 5.32 Å². The third kappa shape index (κ3) is 7.01. The van der Waals surface area contributed by atoms with E-state index in [1.807, 2.05) is 30.3 Å². The lowest BCUT2D eigenvalue weighted by atomic mass is 10.1. The molecular formula is C15H25NO. The van der Waals surface area contributed by atoms with Crippen LogP contribution >= 0.6 is 0 Å². The largest absolute Gasteiger partial charge is 0.494 e. The summed E-state index contributed by atoms with van der Waals surface area (Å²) in [5.41, 5.74) is 0. The van der Waals surface area contributed by atoms with Gasteiger partial charge in [-0.1, -0.05) is 39.0 Å². The standard InChI is InChI=1S/C15H25NO/c1-13(2)16-12-14(3)8-7-11-17-15-9-5-4-6-10-15/h4-6,9-10,13-14,16H,7-8,11-12H2,1-3H3. The molecule has 0 radical (unpaired) electrons. The van der Waals surface area contributed by atoms with Gasteiger partial charge in [-0.3, -0.25) is 0 Å². The Kier molecular flexibility index (Phi) is 6.71. The quantitative estimate of drug-likeness (QED) is 0.697. The molecule has 17 heavy (non-hydrogen) atoms. The van der Waals surface area contributed by atoms with Crippen molar-refractivity contribution < 1.29 is 4.74 Å². The van der Waals surface area contributed by atoms with Crippen LogP contribution in [0.4, 0.5) is 0 Å². The Morgan fingerprint density at radius 1 is 1.12 bits per heavy atom. The summed E-state index contributed by atoms with van der Waals surface area (Å²) in [6.45, 7) is 8.58. The monoisotopic (exact) mass is 235 g/mol. The van der Waals surface area contributed by atoms with E-state index >= 15 is 0 Å². The summed E-state index contributed by atoms with van der Waals surface area (Å²) >= 11 is 0. The molecule has 1 rings (SSSR count). The fourth-order valence-corrected chi connectivity index (χ4v) is 1.68. The molecule has 0 fully saturated rings. The van der Waals surface area contributed by atoms with E-state index in [-0.39, 0.29) is 0 Å². The molecular weight excluding hydrogens is 210 g/mol. The van der Waals surface area contributed by atoms with Crippen molar-refractivity contribution in [2.45, 2.75) is 39.7 Å². The van der Waals surface area contributed by atoms with Gasteiger partial charge in [0.05, 0.1) is 6.61 Å². The van der Waals surface area contributed by atoms with Crippen molar-refractivity contribution in [2.24, 2.45) is 5.92 Å². The van der Waals surface area contributed by atoms with E-state index in [1.165, 1.54) is 6.42 Å². The van der Waals surface area contributed by atoms with Crippen LogP contribution in [0.2, 0.25) is 0 Å². The minimum absolute atomic E-state index is 0.581. The van der Waals surface area contributed by atoms with Gasteiger partial charge in [-0.15, -0.1) is 0 Å². The third-order valence-corrected chi connectivity index (χ3v) is 2.73. The molecule has 2 nitrogen and oxygen atoms in total. The van der Waals surface area contributed by atoms with E-state index < -0.39 is 0 Å². The molecule has 0 amide bonds. The van der Waals surface area contributed by atoms with Crippen LogP contribution in [-0.2, 0) is 0 Å². The molecule has 2 heteroatoms. The van der Waals surface area contributed by atoms with Gasteiger partial charge in [-0.05, 0) is 37.4 Å². The van der Waals surface area contributed by atoms with Crippen LogP contribution in [0, 0.1) is 5.92 Å². The summed E-state index contributed by atoms with van der Waals surface area (Å²) in [6, 6.07) is 10.6. The molecule has 1 aromatic rings. The Morgan fingerprint density at radius 2 is 1.82 bits per heavy atom. The summed E-state index contributed by atoms with van der Waals surface area (Å²) in [5, 5.41) is 3.46. The summed E-state index contributed by atoms with van der Waals surface area (Å²) in [6.07, 6.45) is 2.34. The fraction of sp³-hybridized carbons (Fsp3) is 0.600. The first-order chi connectivity index (χ1) is 8.18. The van der Waals surface area contributed by atoms with Crippen molar-refractivity contribution in [1.29, 1.82) is 0 Å². The van der Waals surface area contributed by atoms with Gasteiger partial charge >= 0.3 is 0 Å². The Morgan fingerprint density at radius 3 is 2.47 bits per heavy atom. The fourth-order valence-electron chi connectivity index (χ4n) is 1.68. The molecule has 1 aromatic carbocycles. The van der Waals surface area contributed by atoms with Gasteiger partial charge < -0.3 is 10.1 Å². The second kappa shape index (κ2) is 8.13. The molecule has 0 aliphatic heterocycles. The number of benzene rings is 1. The lowest BCUT2D eigenvalue weighted by Gasteiger charge is -2.14. The van der Waals surface area contributed by atoms with Crippen LogP contribution in [-0.4, -0.2) is 19.2 Å². The van der Waals surface area contributed by atoms with Crippen LogP contribution in [0.3, 0.4) is 0 Å². The maximum Gasteiger partial charge on any atom is 0.119 e. The first kappa shape index (κ1) is 14.0. The van der Waals surface area contributed by atoms with Gasteiger partial charge in [0.15, 0.2) is 0 Å². The molecule has 0 aliphatic carbocycles. The first-order valence-electron chi connectivity index (χ1n) is 6.59. The maximum absolute atomic E-state index is 5.66. The molecule has 0 bridgehead atoms. The number of ether oxygens (including phenoxy) is 1. The van der Waals surface area contributed by atoms with Gasteiger partial charge in [0.1, 0.15) is 5.75 Å². The number of para-hydroxylation sites is 1. The number of hydrogen-bond acceptors (Lipinski definition) is 2. The van der Waals surface area contributed by atoms with Crippen LogP contribution in [0.5, 0.6) is 5.75 Å². The first-order valence-corrected chi connectivity index (χ1v) is 6.59. The van der Waals surface area contributed by atoms with E-state index in [9.17, 15) is 0 Å². The van der Waals surface area contributed by atoms with Gasteiger partial charge in [0.25, 0.3) is 0 Å². The predicted molar refractivity (Wildman–Crippen MR) is 73.5 cm³/mol.